The highest BCUT2D eigenvalue weighted by atomic mass is 35.5. The van der Waals surface area contributed by atoms with Crippen LogP contribution in [0.3, 0.4) is 0 Å². The van der Waals surface area contributed by atoms with Crippen LogP contribution in [0.2, 0.25) is 0 Å². The Morgan fingerprint density at radius 3 is 2.63 bits per heavy atom. The molecule has 1 atom stereocenters. The van der Waals surface area contributed by atoms with Gasteiger partial charge in [-0.1, -0.05) is 19.3 Å². The molecule has 0 spiro atoms. The molecular formula is C20H29ClN6. The van der Waals surface area contributed by atoms with Crippen molar-refractivity contribution in [1.29, 1.82) is 0 Å². The third-order valence-corrected chi connectivity index (χ3v) is 5.48. The molecule has 1 aliphatic carbocycles. The van der Waals surface area contributed by atoms with E-state index in [1.54, 1.807) is 0 Å². The lowest BCUT2D eigenvalue weighted by Gasteiger charge is -2.21. The Kier molecular flexibility index (Phi) is 6.05. The van der Waals surface area contributed by atoms with Crippen molar-refractivity contribution in [2.24, 2.45) is 0 Å². The smallest absolute Gasteiger partial charge is 0.0951 e. The fourth-order valence-corrected chi connectivity index (χ4v) is 4.18. The number of halogens is 1. The van der Waals surface area contributed by atoms with E-state index in [0.717, 1.165) is 23.5 Å². The van der Waals surface area contributed by atoms with Crippen molar-refractivity contribution in [2.45, 2.75) is 71.5 Å². The third-order valence-electron chi connectivity index (χ3n) is 5.48. The largest absolute Gasteiger partial charge is 0.328 e. The Labute approximate surface area is 167 Å². The van der Waals surface area contributed by atoms with E-state index in [1.807, 2.05) is 25.6 Å². The van der Waals surface area contributed by atoms with Gasteiger partial charge in [-0.25, -0.2) is 4.98 Å². The van der Waals surface area contributed by atoms with Crippen molar-refractivity contribution in [1.82, 2.24) is 29.1 Å². The lowest BCUT2D eigenvalue weighted by atomic mass is 9.96. The fraction of sp³-hybridized carbons (Fsp3) is 0.550. The van der Waals surface area contributed by atoms with E-state index in [0.29, 0.717) is 6.04 Å². The lowest BCUT2D eigenvalue weighted by molar-refractivity contribution is 0.329. The highest BCUT2D eigenvalue weighted by molar-refractivity contribution is 5.85. The van der Waals surface area contributed by atoms with Gasteiger partial charge in [0.25, 0.3) is 0 Å². The van der Waals surface area contributed by atoms with Crippen molar-refractivity contribution in [3.05, 3.63) is 42.4 Å². The number of rotatable bonds is 5. The van der Waals surface area contributed by atoms with Crippen molar-refractivity contribution in [3.8, 4) is 11.3 Å². The molecule has 3 aromatic heterocycles. The van der Waals surface area contributed by atoms with Gasteiger partial charge in [0.1, 0.15) is 0 Å². The van der Waals surface area contributed by atoms with Crippen LogP contribution >= 0.6 is 12.4 Å². The lowest BCUT2D eigenvalue weighted by Crippen LogP contribution is -2.15. The molecule has 4 rings (SSSR count). The number of imidazole rings is 1. The topological polar surface area (TPSA) is 53.5 Å². The summed E-state index contributed by atoms with van der Waals surface area (Å²) in [5, 5.41) is 9.27. The van der Waals surface area contributed by atoms with Gasteiger partial charge in [0.15, 0.2) is 0 Å². The Balaban J connectivity index is 0.00000210. The van der Waals surface area contributed by atoms with Gasteiger partial charge < -0.3 is 4.57 Å². The molecule has 0 saturated heterocycles. The molecule has 146 valence electrons. The number of aromatic nitrogens is 6. The number of nitrogens with zero attached hydrogens (tertiary/aromatic N) is 6. The molecule has 0 bridgehead atoms. The van der Waals surface area contributed by atoms with Crippen LogP contribution in [0.1, 0.15) is 62.5 Å². The van der Waals surface area contributed by atoms with Gasteiger partial charge in [-0.15, -0.1) is 12.4 Å². The molecular weight excluding hydrogens is 360 g/mol. The van der Waals surface area contributed by atoms with Crippen molar-refractivity contribution in [3.63, 3.8) is 0 Å². The Hall–Kier alpha value is -2.08. The summed E-state index contributed by atoms with van der Waals surface area (Å²) in [5.74, 6) is 0. The predicted octanol–water partition coefficient (Wildman–Crippen LogP) is 4.75. The zero-order valence-corrected chi connectivity index (χ0v) is 17.2. The van der Waals surface area contributed by atoms with E-state index < -0.39 is 0 Å². The molecule has 1 unspecified atom stereocenters. The summed E-state index contributed by atoms with van der Waals surface area (Å²) in [6, 6.07) is 2.95. The number of hydrogen-bond donors (Lipinski definition) is 0. The average molecular weight is 389 g/mol. The van der Waals surface area contributed by atoms with Gasteiger partial charge in [0.2, 0.25) is 0 Å². The summed E-state index contributed by atoms with van der Waals surface area (Å²) < 4.78 is 6.48. The quantitative estimate of drug-likeness (QED) is 0.633. The molecule has 3 heterocycles. The molecule has 27 heavy (non-hydrogen) atoms. The third kappa shape index (κ3) is 4.10. The minimum atomic E-state index is 0. The van der Waals surface area contributed by atoms with Crippen molar-refractivity contribution >= 4 is 12.4 Å². The van der Waals surface area contributed by atoms with Crippen molar-refractivity contribution < 1.29 is 0 Å². The summed E-state index contributed by atoms with van der Waals surface area (Å²) in [5.41, 5.74) is 4.53. The van der Waals surface area contributed by atoms with Crippen LogP contribution in [0.5, 0.6) is 0 Å². The minimum Gasteiger partial charge on any atom is -0.328 e. The van der Waals surface area contributed by atoms with E-state index in [2.05, 4.69) is 55.2 Å². The zero-order chi connectivity index (χ0) is 18.1. The molecule has 1 fully saturated rings. The van der Waals surface area contributed by atoms with Crippen LogP contribution in [0.4, 0.5) is 0 Å². The van der Waals surface area contributed by atoms with Crippen LogP contribution in [0, 0.1) is 13.8 Å². The van der Waals surface area contributed by atoms with Gasteiger partial charge in [-0.05, 0) is 39.7 Å². The second-order valence-corrected chi connectivity index (χ2v) is 7.65. The number of hydrogen-bond acceptors (Lipinski definition) is 3. The summed E-state index contributed by atoms with van der Waals surface area (Å²) in [6.45, 7) is 7.19. The molecule has 1 saturated carbocycles. The molecule has 6 nitrogen and oxygen atoms in total. The summed E-state index contributed by atoms with van der Waals surface area (Å²) >= 11 is 0. The Morgan fingerprint density at radius 1 is 1.15 bits per heavy atom. The van der Waals surface area contributed by atoms with Gasteiger partial charge in [0.05, 0.1) is 42.2 Å². The fourth-order valence-electron chi connectivity index (χ4n) is 4.18. The van der Waals surface area contributed by atoms with Gasteiger partial charge in [-0.2, -0.15) is 10.2 Å². The van der Waals surface area contributed by atoms with Crippen LogP contribution in [0.25, 0.3) is 11.3 Å². The van der Waals surface area contributed by atoms with Gasteiger partial charge >= 0.3 is 0 Å². The van der Waals surface area contributed by atoms with E-state index in [-0.39, 0.29) is 18.4 Å². The van der Waals surface area contributed by atoms with Crippen molar-refractivity contribution in [2.75, 3.05) is 0 Å². The normalized spacial score (nSPS) is 16.3. The van der Waals surface area contributed by atoms with Gasteiger partial charge in [-0.3, -0.25) is 9.36 Å². The van der Waals surface area contributed by atoms with Crippen LogP contribution in [-0.4, -0.2) is 29.1 Å². The van der Waals surface area contributed by atoms with Crippen LogP contribution in [-0.2, 0) is 6.54 Å². The summed E-state index contributed by atoms with van der Waals surface area (Å²) in [7, 11) is 0. The second kappa shape index (κ2) is 8.30. The maximum absolute atomic E-state index is 4.65. The maximum Gasteiger partial charge on any atom is 0.0951 e. The average Bonchev–Trinajstić information content (AvgIpc) is 3.35. The second-order valence-electron chi connectivity index (χ2n) is 7.65. The molecule has 0 amide bonds. The van der Waals surface area contributed by atoms with E-state index in [4.69, 9.17) is 0 Å². The molecule has 7 heteroatoms. The summed E-state index contributed by atoms with van der Waals surface area (Å²) in [4.78, 5) is 4.39. The predicted molar refractivity (Wildman–Crippen MR) is 109 cm³/mol. The highest BCUT2D eigenvalue weighted by Crippen LogP contribution is 2.29. The van der Waals surface area contributed by atoms with E-state index in [1.165, 1.54) is 37.8 Å². The minimum absolute atomic E-state index is 0. The monoisotopic (exact) mass is 388 g/mol. The first-order valence-corrected chi connectivity index (χ1v) is 9.69. The molecule has 0 radical (unpaired) electrons. The Morgan fingerprint density at radius 2 is 1.93 bits per heavy atom. The molecule has 3 aromatic rings. The Bertz CT molecular complexity index is 871. The SMILES string of the molecule is Cc1cc(C)n(C(C)Cn2cncc2-c2cnn(C3CCCCC3)c2)n1.Cl. The first kappa shape index (κ1) is 19.7. The van der Waals surface area contributed by atoms with Gasteiger partial charge in [0, 0.05) is 24.0 Å². The zero-order valence-electron chi connectivity index (χ0n) is 16.4. The molecule has 0 aliphatic heterocycles. The first-order valence-electron chi connectivity index (χ1n) is 9.69. The summed E-state index contributed by atoms with van der Waals surface area (Å²) in [6.07, 6.45) is 14.5. The van der Waals surface area contributed by atoms with Crippen LogP contribution < -0.4 is 0 Å². The van der Waals surface area contributed by atoms with E-state index >= 15 is 0 Å². The first-order chi connectivity index (χ1) is 12.6. The molecule has 0 N–H and O–H groups in total. The van der Waals surface area contributed by atoms with Crippen LogP contribution in [0.15, 0.2) is 31.0 Å². The molecule has 1 aliphatic rings. The highest BCUT2D eigenvalue weighted by Gasteiger charge is 2.18. The molecule has 0 aromatic carbocycles. The van der Waals surface area contributed by atoms with E-state index in [9.17, 15) is 0 Å². The number of aryl methyl sites for hydroxylation is 2. The standard InChI is InChI=1S/C20H28N6.ClH/c1-15-9-16(2)26(23-15)17(3)12-24-14-21-11-20(24)18-10-22-25(13-18)19-7-5-4-6-8-19;/h9-11,13-14,17,19H,4-8,12H2,1-3H3;1H. The maximum atomic E-state index is 4.65.